The number of hydrazone groups is 1. The molecule has 0 saturated heterocycles. The van der Waals surface area contributed by atoms with E-state index in [1.165, 1.54) is 22.7 Å². The Morgan fingerprint density at radius 2 is 2.35 bits per heavy atom. The lowest BCUT2D eigenvalue weighted by molar-refractivity contribution is 0.0955. The lowest BCUT2D eigenvalue weighted by atomic mass is 10.3. The van der Waals surface area contributed by atoms with Gasteiger partial charge in [0.25, 0.3) is 5.91 Å². The first-order chi connectivity index (χ1) is 8.15. The van der Waals surface area contributed by atoms with Crippen LogP contribution in [-0.2, 0) is 0 Å². The van der Waals surface area contributed by atoms with Crippen LogP contribution in [0.3, 0.4) is 0 Å². The zero-order chi connectivity index (χ0) is 12.3. The highest BCUT2D eigenvalue weighted by atomic mass is 35.5. The Bertz CT molecular complexity index is 559. The molecule has 0 aliphatic heterocycles. The number of thiophene rings is 2. The van der Waals surface area contributed by atoms with Gasteiger partial charge in [0.1, 0.15) is 0 Å². The Hall–Kier alpha value is -1.17. The minimum absolute atomic E-state index is 0.201. The predicted molar refractivity (Wildman–Crippen MR) is 73.4 cm³/mol. The molecule has 0 unspecified atom stereocenters. The van der Waals surface area contributed by atoms with Crippen molar-refractivity contribution in [1.82, 2.24) is 5.43 Å². The number of carbonyl (C=O) groups excluding carboxylic acids is 1. The molecule has 0 spiro atoms. The van der Waals surface area contributed by atoms with Crippen LogP contribution in [-0.4, -0.2) is 12.1 Å². The summed E-state index contributed by atoms with van der Waals surface area (Å²) in [5.41, 5.74) is 3.10. The monoisotopic (exact) mass is 284 g/mol. The van der Waals surface area contributed by atoms with Crippen molar-refractivity contribution in [3.8, 4) is 0 Å². The van der Waals surface area contributed by atoms with Crippen LogP contribution in [0.15, 0.2) is 28.7 Å². The fraction of sp³-hybridized carbons (Fsp3) is 0.0909. The first-order valence-electron chi connectivity index (χ1n) is 4.79. The summed E-state index contributed by atoms with van der Waals surface area (Å²) < 4.78 is 0.700. The van der Waals surface area contributed by atoms with E-state index in [0.29, 0.717) is 9.90 Å². The fourth-order valence-corrected chi connectivity index (χ4v) is 2.80. The fourth-order valence-electron chi connectivity index (χ4n) is 1.18. The van der Waals surface area contributed by atoms with E-state index in [1.54, 1.807) is 12.3 Å². The number of hydrogen-bond acceptors (Lipinski definition) is 4. The highest BCUT2D eigenvalue weighted by molar-refractivity contribution is 7.17. The molecule has 0 saturated carbocycles. The van der Waals surface area contributed by atoms with Gasteiger partial charge in [-0.15, -0.1) is 22.7 Å². The first kappa shape index (κ1) is 12.3. The summed E-state index contributed by atoms with van der Waals surface area (Å²) in [7, 11) is 0. The second-order valence-electron chi connectivity index (χ2n) is 3.29. The van der Waals surface area contributed by atoms with E-state index >= 15 is 0 Å². The number of nitrogens with one attached hydrogen (secondary N) is 1. The molecule has 0 aromatic carbocycles. The molecule has 2 heterocycles. The molecular formula is C11H9ClN2OS2. The van der Waals surface area contributed by atoms with Crippen LogP contribution in [0.5, 0.6) is 0 Å². The van der Waals surface area contributed by atoms with Gasteiger partial charge in [-0.2, -0.15) is 5.10 Å². The highest BCUT2D eigenvalue weighted by Crippen LogP contribution is 2.19. The third-order valence-corrected chi connectivity index (χ3v) is 3.97. The zero-order valence-corrected chi connectivity index (χ0v) is 11.3. The van der Waals surface area contributed by atoms with Crippen molar-refractivity contribution in [3.63, 3.8) is 0 Å². The molecule has 3 nitrogen and oxygen atoms in total. The summed E-state index contributed by atoms with van der Waals surface area (Å²) in [5, 5.41) is 5.68. The highest BCUT2D eigenvalue weighted by Gasteiger charge is 2.05. The van der Waals surface area contributed by atoms with Crippen molar-refractivity contribution in [2.24, 2.45) is 5.10 Å². The van der Waals surface area contributed by atoms with Crippen LogP contribution >= 0.6 is 34.3 Å². The topological polar surface area (TPSA) is 41.5 Å². The number of rotatable bonds is 3. The third kappa shape index (κ3) is 3.39. The number of aryl methyl sites for hydroxylation is 1. The van der Waals surface area contributed by atoms with Crippen LogP contribution in [0.25, 0.3) is 0 Å². The molecule has 1 amide bonds. The van der Waals surface area contributed by atoms with Crippen LogP contribution in [0.4, 0.5) is 0 Å². The summed E-state index contributed by atoms with van der Waals surface area (Å²) in [6.45, 7) is 1.96. The molecule has 88 valence electrons. The molecule has 0 aliphatic rings. The van der Waals surface area contributed by atoms with Gasteiger partial charge in [-0.1, -0.05) is 11.6 Å². The Morgan fingerprint density at radius 1 is 1.53 bits per heavy atom. The van der Waals surface area contributed by atoms with Gasteiger partial charge >= 0.3 is 0 Å². The molecule has 0 bridgehead atoms. The summed E-state index contributed by atoms with van der Waals surface area (Å²) in [6, 6.07) is 5.46. The predicted octanol–water partition coefficient (Wildman–Crippen LogP) is 3.54. The summed E-state index contributed by atoms with van der Waals surface area (Å²) in [5.74, 6) is -0.201. The Labute approximate surface area is 112 Å². The molecule has 0 atom stereocenters. The molecule has 0 fully saturated rings. The molecule has 0 radical (unpaired) electrons. The molecular weight excluding hydrogens is 276 g/mol. The van der Waals surface area contributed by atoms with Crippen LogP contribution < -0.4 is 5.43 Å². The van der Waals surface area contributed by atoms with E-state index in [2.05, 4.69) is 10.5 Å². The number of hydrogen-bond donors (Lipinski definition) is 1. The molecule has 2 aromatic heterocycles. The van der Waals surface area contributed by atoms with E-state index < -0.39 is 0 Å². The van der Waals surface area contributed by atoms with Gasteiger partial charge in [-0.25, -0.2) is 5.43 Å². The van der Waals surface area contributed by atoms with Crippen LogP contribution in [0.1, 0.15) is 20.1 Å². The standard InChI is InChI=1S/C11H9ClN2OS2/c1-7-4-8(6-16-7)11(15)14-13-5-9-2-3-10(12)17-9/h2-6H,1H3,(H,14,15)/b13-5+. The maximum absolute atomic E-state index is 11.6. The van der Waals surface area contributed by atoms with Crippen molar-refractivity contribution >= 4 is 46.4 Å². The summed E-state index contributed by atoms with van der Waals surface area (Å²) >= 11 is 8.72. The normalized spacial score (nSPS) is 10.9. The van der Waals surface area contributed by atoms with Crippen molar-refractivity contribution in [1.29, 1.82) is 0 Å². The van der Waals surface area contributed by atoms with E-state index in [1.807, 2.05) is 24.4 Å². The minimum Gasteiger partial charge on any atom is -0.267 e. The quantitative estimate of drug-likeness (QED) is 0.680. The Balaban J connectivity index is 1.94. The smallest absolute Gasteiger partial charge is 0.267 e. The minimum atomic E-state index is -0.201. The SMILES string of the molecule is Cc1cc(C(=O)N/N=C/c2ccc(Cl)s2)cs1. The maximum atomic E-state index is 11.6. The van der Waals surface area contributed by atoms with Gasteiger partial charge in [-0.05, 0) is 25.1 Å². The third-order valence-electron chi connectivity index (χ3n) is 1.94. The number of amides is 1. The Kier molecular flexibility index (Phi) is 3.93. The van der Waals surface area contributed by atoms with Crippen molar-refractivity contribution in [2.75, 3.05) is 0 Å². The van der Waals surface area contributed by atoms with Gasteiger partial charge < -0.3 is 0 Å². The maximum Gasteiger partial charge on any atom is 0.272 e. The second-order valence-corrected chi connectivity index (χ2v) is 6.15. The van der Waals surface area contributed by atoms with Gasteiger partial charge in [0, 0.05) is 15.1 Å². The van der Waals surface area contributed by atoms with E-state index in [-0.39, 0.29) is 5.91 Å². The molecule has 1 N–H and O–H groups in total. The van der Waals surface area contributed by atoms with E-state index in [0.717, 1.165) is 9.75 Å². The number of halogens is 1. The summed E-state index contributed by atoms with van der Waals surface area (Å²) in [4.78, 5) is 13.6. The van der Waals surface area contributed by atoms with Gasteiger partial charge in [0.2, 0.25) is 0 Å². The van der Waals surface area contributed by atoms with Gasteiger partial charge in [0.15, 0.2) is 0 Å². The molecule has 2 rings (SSSR count). The zero-order valence-electron chi connectivity index (χ0n) is 8.94. The van der Waals surface area contributed by atoms with Crippen molar-refractivity contribution in [3.05, 3.63) is 43.2 Å². The van der Waals surface area contributed by atoms with E-state index in [9.17, 15) is 4.79 Å². The lowest BCUT2D eigenvalue weighted by Crippen LogP contribution is -2.16. The van der Waals surface area contributed by atoms with Gasteiger partial charge in [-0.3, -0.25) is 4.79 Å². The molecule has 6 heteroatoms. The number of nitrogens with zero attached hydrogens (tertiary/aromatic N) is 1. The molecule has 2 aromatic rings. The average molecular weight is 285 g/mol. The first-order valence-corrected chi connectivity index (χ1v) is 6.86. The average Bonchev–Trinajstić information content (AvgIpc) is 2.88. The van der Waals surface area contributed by atoms with Crippen LogP contribution in [0, 0.1) is 6.92 Å². The van der Waals surface area contributed by atoms with Crippen LogP contribution in [0.2, 0.25) is 4.34 Å². The molecule has 17 heavy (non-hydrogen) atoms. The van der Waals surface area contributed by atoms with Crippen molar-refractivity contribution in [2.45, 2.75) is 6.92 Å². The van der Waals surface area contributed by atoms with Crippen molar-refractivity contribution < 1.29 is 4.79 Å². The Morgan fingerprint density at radius 3 is 2.94 bits per heavy atom. The van der Waals surface area contributed by atoms with E-state index in [4.69, 9.17) is 11.6 Å². The molecule has 0 aliphatic carbocycles. The lowest BCUT2D eigenvalue weighted by Gasteiger charge is -1.94. The second kappa shape index (κ2) is 5.44. The van der Waals surface area contributed by atoms with Gasteiger partial charge in [0.05, 0.1) is 16.1 Å². The largest absolute Gasteiger partial charge is 0.272 e. The summed E-state index contributed by atoms with van der Waals surface area (Å²) in [6.07, 6.45) is 1.58. The number of carbonyl (C=O) groups is 1.